The predicted molar refractivity (Wildman–Crippen MR) is 73.8 cm³/mol. The third-order valence-electron chi connectivity index (χ3n) is 3.97. The molecule has 1 amide bonds. The van der Waals surface area contributed by atoms with Crippen LogP contribution in [0, 0.1) is 5.92 Å². The van der Waals surface area contributed by atoms with Crippen LogP contribution in [0.2, 0.25) is 0 Å². The molecule has 0 atom stereocenters. The van der Waals surface area contributed by atoms with Crippen molar-refractivity contribution >= 4 is 11.6 Å². The molecule has 3 heterocycles. The molecule has 0 aromatic heterocycles. The lowest BCUT2D eigenvalue weighted by molar-refractivity contribution is 0.0950. The Morgan fingerprint density at radius 3 is 2.65 bits per heavy atom. The second-order valence-corrected chi connectivity index (χ2v) is 5.30. The number of carbonyl (C=O) groups is 1. The van der Waals surface area contributed by atoms with E-state index in [1.54, 1.807) is 0 Å². The van der Waals surface area contributed by atoms with Gasteiger partial charge in [0, 0.05) is 18.5 Å². The number of carbonyl (C=O) groups excluding carboxylic acids is 1. The van der Waals surface area contributed by atoms with Crippen molar-refractivity contribution in [2.75, 3.05) is 19.6 Å². The van der Waals surface area contributed by atoms with Gasteiger partial charge < -0.3 is 10.2 Å². The maximum absolute atomic E-state index is 12.0. The molecule has 0 spiro atoms. The Morgan fingerprint density at radius 1 is 1.30 bits per heavy atom. The van der Waals surface area contributed by atoms with Crippen LogP contribution in [0.1, 0.15) is 23.2 Å². The van der Waals surface area contributed by atoms with E-state index in [1.165, 1.54) is 12.1 Å². The molecule has 20 heavy (non-hydrogen) atoms. The molecule has 6 nitrogen and oxygen atoms in total. The predicted octanol–water partition coefficient (Wildman–Crippen LogP) is 0.909. The van der Waals surface area contributed by atoms with Crippen LogP contribution in [0.4, 0.5) is 0 Å². The zero-order chi connectivity index (χ0) is 14.1. The molecule has 106 valence electrons. The highest BCUT2D eigenvalue weighted by molar-refractivity contribution is 5.98. The van der Waals surface area contributed by atoms with E-state index in [4.69, 9.17) is 0 Å². The minimum atomic E-state index is -0.466. The maximum atomic E-state index is 12.0. The summed E-state index contributed by atoms with van der Waals surface area (Å²) in [6.07, 6.45) is 2.19. The van der Waals surface area contributed by atoms with Crippen molar-refractivity contribution in [2.45, 2.75) is 12.8 Å². The molecule has 0 unspecified atom stereocenters. The highest BCUT2D eigenvalue weighted by Crippen LogP contribution is 2.25. The Labute approximate surface area is 116 Å². The zero-order valence-electron chi connectivity index (χ0n) is 11.0. The van der Waals surface area contributed by atoms with Gasteiger partial charge in [-0.2, -0.15) is 5.10 Å². The van der Waals surface area contributed by atoms with Crippen molar-refractivity contribution in [3.8, 4) is 11.5 Å². The number of hydrogen-bond acceptors (Lipinski definition) is 5. The van der Waals surface area contributed by atoms with Gasteiger partial charge in [-0.3, -0.25) is 9.69 Å². The van der Waals surface area contributed by atoms with Crippen molar-refractivity contribution in [1.29, 1.82) is 0 Å². The first-order valence-corrected chi connectivity index (χ1v) is 6.74. The van der Waals surface area contributed by atoms with Crippen molar-refractivity contribution in [3.05, 3.63) is 23.8 Å². The van der Waals surface area contributed by atoms with Crippen LogP contribution in [-0.4, -0.2) is 46.4 Å². The fraction of sp³-hybridized carbons (Fsp3) is 0.429. The van der Waals surface area contributed by atoms with Gasteiger partial charge >= 0.3 is 0 Å². The monoisotopic (exact) mass is 275 g/mol. The summed E-state index contributed by atoms with van der Waals surface area (Å²) in [5.74, 6) is -0.334. The van der Waals surface area contributed by atoms with E-state index in [0.29, 0.717) is 5.92 Å². The minimum Gasteiger partial charge on any atom is -0.508 e. The number of hydrogen-bond donors (Lipinski definition) is 3. The topological polar surface area (TPSA) is 85.2 Å². The Bertz CT molecular complexity index is 563. The first kappa shape index (κ1) is 12.9. The van der Waals surface area contributed by atoms with Crippen LogP contribution in [0.3, 0.4) is 0 Å². The summed E-state index contributed by atoms with van der Waals surface area (Å²) in [7, 11) is 0. The fourth-order valence-electron chi connectivity index (χ4n) is 2.80. The number of fused-ring (bicyclic) bond motifs is 3. The van der Waals surface area contributed by atoms with Crippen LogP contribution < -0.4 is 5.43 Å². The number of phenols is 2. The largest absolute Gasteiger partial charge is 0.508 e. The van der Waals surface area contributed by atoms with Gasteiger partial charge in [0.25, 0.3) is 5.91 Å². The third kappa shape index (κ3) is 2.46. The third-order valence-corrected chi connectivity index (χ3v) is 3.97. The highest BCUT2D eigenvalue weighted by Gasteiger charge is 2.31. The van der Waals surface area contributed by atoms with Crippen LogP contribution in [-0.2, 0) is 0 Å². The molecule has 2 bridgehead atoms. The number of nitrogens with one attached hydrogen (secondary N) is 1. The molecular formula is C14H17N3O3. The number of nitrogens with zero attached hydrogens (tertiary/aromatic N) is 2. The van der Waals surface area contributed by atoms with Crippen molar-refractivity contribution in [3.63, 3.8) is 0 Å². The molecule has 3 aliphatic rings. The summed E-state index contributed by atoms with van der Waals surface area (Å²) in [5.41, 5.74) is 3.61. The van der Waals surface area contributed by atoms with Gasteiger partial charge in [-0.15, -0.1) is 0 Å². The van der Waals surface area contributed by atoms with Gasteiger partial charge in [-0.05, 0) is 38.1 Å². The molecule has 0 saturated carbocycles. The average molecular weight is 275 g/mol. The zero-order valence-corrected chi connectivity index (χ0v) is 11.0. The number of benzene rings is 1. The molecule has 6 heteroatoms. The van der Waals surface area contributed by atoms with Crippen LogP contribution in [0.5, 0.6) is 11.5 Å². The molecule has 3 aliphatic heterocycles. The molecule has 3 N–H and O–H groups in total. The van der Waals surface area contributed by atoms with E-state index in [9.17, 15) is 15.0 Å². The Hall–Kier alpha value is -2.08. The Morgan fingerprint density at radius 2 is 2.05 bits per heavy atom. The summed E-state index contributed by atoms with van der Waals surface area (Å²) >= 11 is 0. The number of aromatic hydroxyl groups is 2. The maximum Gasteiger partial charge on any atom is 0.275 e. The average Bonchev–Trinajstić information content (AvgIpc) is 2.46. The molecular weight excluding hydrogens is 258 g/mol. The van der Waals surface area contributed by atoms with Gasteiger partial charge in [0.2, 0.25) is 0 Å². The fourth-order valence-corrected chi connectivity index (χ4v) is 2.80. The lowest BCUT2D eigenvalue weighted by atomic mass is 9.87. The van der Waals surface area contributed by atoms with E-state index in [0.717, 1.165) is 44.3 Å². The quantitative estimate of drug-likeness (QED) is 0.700. The van der Waals surface area contributed by atoms with E-state index in [-0.39, 0.29) is 17.1 Å². The van der Waals surface area contributed by atoms with Gasteiger partial charge in [0.15, 0.2) is 0 Å². The number of rotatable bonds is 2. The van der Waals surface area contributed by atoms with E-state index >= 15 is 0 Å². The smallest absolute Gasteiger partial charge is 0.275 e. The highest BCUT2D eigenvalue weighted by atomic mass is 16.3. The van der Waals surface area contributed by atoms with Crippen molar-refractivity contribution < 1.29 is 15.0 Å². The Kier molecular flexibility index (Phi) is 3.31. The summed E-state index contributed by atoms with van der Waals surface area (Å²) in [6.45, 7) is 3.03. The van der Waals surface area contributed by atoms with Gasteiger partial charge in [-0.25, -0.2) is 5.43 Å². The normalized spacial score (nSPS) is 26.7. The first-order valence-electron chi connectivity index (χ1n) is 6.74. The molecule has 1 aromatic rings. The number of amides is 1. The SMILES string of the molecule is O=C(NN=C1CN2CCC1CC2)c1ccc(O)cc1O. The van der Waals surface area contributed by atoms with Gasteiger partial charge in [0.1, 0.15) is 11.5 Å². The lowest BCUT2D eigenvalue weighted by Gasteiger charge is -2.39. The van der Waals surface area contributed by atoms with Crippen LogP contribution >= 0.6 is 0 Å². The summed E-state index contributed by atoms with van der Waals surface area (Å²) in [4.78, 5) is 14.3. The standard InChI is InChI=1S/C14H17N3O3/c18-10-1-2-11(13(19)7-10)14(20)16-15-12-8-17-5-3-9(12)4-6-17/h1-2,7,9,18-19H,3-6,8H2,(H,16,20). The van der Waals surface area contributed by atoms with E-state index < -0.39 is 5.91 Å². The summed E-state index contributed by atoms with van der Waals surface area (Å²) < 4.78 is 0. The molecule has 3 saturated heterocycles. The second-order valence-electron chi connectivity index (χ2n) is 5.30. The summed E-state index contributed by atoms with van der Waals surface area (Å²) in [6, 6.07) is 3.86. The van der Waals surface area contributed by atoms with Crippen LogP contribution in [0.15, 0.2) is 23.3 Å². The number of piperidine rings is 3. The number of hydrazone groups is 1. The molecule has 0 radical (unpaired) electrons. The lowest BCUT2D eigenvalue weighted by Crippen LogP contribution is -2.48. The van der Waals surface area contributed by atoms with E-state index in [2.05, 4.69) is 15.4 Å². The van der Waals surface area contributed by atoms with Crippen molar-refractivity contribution in [2.24, 2.45) is 11.0 Å². The van der Waals surface area contributed by atoms with E-state index in [1.807, 2.05) is 0 Å². The van der Waals surface area contributed by atoms with Gasteiger partial charge in [-0.1, -0.05) is 0 Å². The van der Waals surface area contributed by atoms with Crippen LogP contribution in [0.25, 0.3) is 0 Å². The molecule has 4 rings (SSSR count). The minimum absolute atomic E-state index is 0.0808. The van der Waals surface area contributed by atoms with Gasteiger partial charge in [0.05, 0.1) is 11.3 Å². The number of phenolic OH excluding ortho intramolecular Hbond substituents is 2. The first-order chi connectivity index (χ1) is 9.63. The van der Waals surface area contributed by atoms with Crippen molar-refractivity contribution in [1.82, 2.24) is 10.3 Å². The summed E-state index contributed by atoms with van der Waals surface area (Å²) in [5, 5.41) is 23.0. The molecule has 0 aliphatic carbocycles. The Balaban J connectivity index is 1.70. The second kappa shape index (κ2) is 5.13. The molecule has 3 fully saturated rings. The molecule has 1 aromatic carbocycles.